The molecule has 0 saturated carbocycles. The summed E-state index contributed by atoms with van der Waals surface area (Å²) in [4.78, 5) is 0. The van der Waals surface area contributed by atoms with E-state index >= 15 is 0 Å². The maximum Gasteiger partial charge on any atom is 0.124 e. The van der Waals surface area contributed by atoms with Gasteiger partial charge in [0, 0.05) is 6.54 Å². The van der Waals surface area contributed by atoms with E-state index in [9.17, 15) is 0 Å². The minimum absolute atomic E-state index is 0.0997. The van der Waals surface area contributed by atoms with Crippen molar-refractivity contribution < 1.29 is 0 Å². The van der Waals surface area contributed by atoms with Crippen molar-refractivity contribution in [2.45, 2.75) is 58.5 Å². The summed E-state index contributed by atoms with van der Waals surface area (Å²) < 4.78 is 0. The lowest BCUT2D eigenvalue weighted by Crippen LogP contribution is -2.29. The molecule has 0 radical (unpaired) electrons. The van der Waals surface area contributed by atoms with E-state index in [2.05, 4.69) is 86.5 Å². The molecule has 0 spiro atoms. The summed E-state index contributed by atoms with van der Waals surface area (Å²) in [5.74, 6) is 1.78. The van der Waals surface area contributed by atoms with Crippen LogP contribution in [0.25, 0.3) is 0 Å². The molecule has 4 rings (SSSR count). The Bertz CT molecular complexity index is 824. The average molecular weight is 362 g/mol. The lowest BCUT2D eigenvalue weighted by Gasteiger charge is -2.35. The monoisotopic (exact) mass is 361 g/mol. The molecule has 3 heteroatoms. The smallest absolute Gasteiger partial charge is 0.124 e. The zero-order valence-electron chi connectivity index (χ0n) is 17.0. The van der Waals surface area contributed by atoms with Crippen molar-refractivity contribution in [3.05, 3.63) is 70.8 Å². The summed E-state index contributed by atoms with van der Waals surface area (Å²) in [5, 5.41) is 11.7. The van der Waals surface area contributed by atoms with Crippen molar-refractivity contribution >= 4 is 0 Å². The van der Waals surface area contributed by atoms with E-state index in [1.807, 2.05) is 0 Å². The second kappa shape index (κ2) is 7.46. The predicted octanol–water partition coefficient (Wildman–Crippen LogP) is 6.49. The SMILES string of the molecule is CC(C)CCN1N=NC2c3ccccc3C[C@@H](C(C)C)c3ccccc3C21. The summed E-state index contributed by atoms with van der Waals surface area (Å²) in [6.07, 6.45) is 2.22. The van der Waals surface area contributed by atoms with Crippen LogP contribution in [0.5, 0.6) is 0 Å². The van der Waals surface area contributed by atoms with E-state index in [1.165, 1.54) is 22.3 Å². The number of rotatable bonds is 4. The van der Waals surface area contributed by atoms with Gasteiger partial charge in [0.1, 0.15) is 12.1 Å². The molecule has 0 amide bonds. The van der Waals surface area contributed by atoms with Gasteiger partial charge >= 0.3 is 0 Å². The molecular weight excluding hydrogens is 330 g/mol. The van der Waals surface area contributed by atoms with Crippen molar-refractivity contribution in [2.75, 3.05) is 6.54 Å². The molecule has 0 aromatic heterocycles. The molecule has 1 heterocycles. The van der Waals surface area contributed by atoms with Crippen LogP contribution in [0.1, 0.15) is 74.4 Å². The number of nitrogens with zero attached hydrogens (tertiary/aromatic N) is 3. The van der Waals surface area contributed by atoms with E-state index in [0.717, 1.165) is 19.4 Å². The largest absolute Gasteiger partial charge is 0.269 e. The predicted molar refractivity (Wildman–Crippen MR) is 111 cm³/mol. The van der Waals surface area contributed by atoms with Gasteiger partial charge in [-0.15, -0.1) is 0 Å². The number of benzene rings is 2. The highest BCUT2D eigenvalue weighted by molar-refractivity contribution is 5.43. The molecule has 2 aromatic rings. The van der Waals surface area contributed by atoms with Gasteiger partial charge < -0.3 is 0 Å². The third-order valence-electron chi connectivity index (χ3n) is 6.18. The van der Waals surface area contributed by atoms with Gasteiger partial charge in [0.15, 0.2) is 0 Å². The summed E-state index contributed by atoms with van der Waals surface area (Å²) in [5.41, 5.74) is 5.70. The van der Waals surface area contributed by atoms with Gasteiger partial charge in [-0.2, -0.15) is 5.11 Å². The first kappa shape index (κ1) is 18.2. The number of fused-ring (bicyclic) bond motifs is 5. The van der Waals surface area contributed by atoms with Crippen LogP contribution in [-0.2, 0) is 6.42 Å². The normalized spacial score (nSPS) is 23.8. The molecule has 2 unspecified atom stereocenters. The van der Waals surface area contributed by atoms with Crippen molar-refractivity contribution in [1.82, 2.24) is 5.01 Å². The second-order valence-electron chi connectivity index (χ2n) is 8.82. The van der Waals surface area contributed by atoms with Gasteiger partial charge in [0.2, 0.25) is 0 Å². The fraction of sp³-hybridized carbons (Fsp3) is 0.500. The summed E-state index contributed by atoms with van der Waals surface area (Å²) >= 11 is 0. The third-order valence-corrected chi connectivity index (χ3v) is 6.18. The van der Waals surface area contributed by atoms with E-state index in [-0.39, 0.29) is 12.1 Å². The maximum absolute atomic E-state index is 4.78. The molecule has 2 aromatic carbocycles. The minimum Gasteiger partial charge on any atom is -0.269 e. The van der Waals surface area contributed by atoms with Gasteiger partial charge in [-0.25, -0.2) is 0 Å². The average Bonchev–Trinajstić information content (AvgIpc) is 3.06. The highest BCUT2D eigenvalue weighted by Gasteiger charge is 2.40. The summed E-state index contributed by atoms with van der Waals surface area (Å²) in [6.45, 7) is 10.2. The van der Waals surface area contributed by atoms with Crippen LogP contribution in [0.15, 0.2) is 58.9 Å². The van der Waals surface area contributed by atoms with Crippen molar-refractivity contribution in [3.8, 4) is 0 Å². The Labute approximate surface area is 163 Å². The Morgan fingerprint density at radius 2 is 1.59 bits per heavy atom. The zero-order valence-corrected chi connectivity index (χ0v) is 17.0. The van der Waals surface area contributed by atoms with Crippen LogP contribution in [0.2, 0.25) is 0 Å². The molecule has 142 valence electrons. The summed E-state index contributed by atoms with van der Waals surface area (Å²) in [6, 6.07) is 18.2. The minimum atomic E-state index is 0.0997. The van der Waals surface area contributed by atoms with E-state index in [0.29, 0.717) is 17.8 Å². The van der Waals surface area contributed by atoms with Crippen LogP contribution < -0.4 is 0 Å². The van der Waals surface area contributed by atoms with Crippen LogP contribution in [0.4, 0.5) is 0 Å². The maximum atomic E-state index is 4.78. The van der Waals surface area contributed by atoms with Crippen molar-refractivity contribution in [3.63, 3.8) is 0 Å². The molecule has 0 N–H and O–H groups in total. The zero-order chi connectivity index (χ0) is 19.0. The molecule has 1 aliphatic carbocycles. The Hall–Kier alpha value is -2.16. The molecule has 27 heavy (non-hydrogen) atoms. The van der Waals surface area contributed by atoms with E-state index in [4.69, 9.17) is 5.11 Å². The Kier molecular flexibility index (Phi) is 5.03. The quantitative estimate of drug-likeness (QED) is 0.611. The molecule has 3 atom stereocenters. The number of hydrogen-bond acceptors (Lipinski definition) is 3. The third kappa shape index (κ3) is 3.40. The molecule has 0 fully saturated rings. The van der Waals surface area contributed by atoms with E-state index in [1.54, 1.807) is 0 Å². The summed E-state index contributed by atoms with van der Waals surface area (Å²) in [7, 11) is 0. The molecule has 0 saturated heterocycles. The van der Waals surface area contributed by atoms with Crippen LogP contribution >= 0.6 is 0 Å². The van der Waals surface area contributed by atoms with Gasteiger partial charge in [-0.05, 0) is 52.8 Å². The van der Waals surface area contributed by atoms with Crippen LogP contribution in [0.3, 0.4) is 0 Å². The molecule has 3 nitrogen and oxygen atoms in total. The second-order valence-corrected chi connectivity index (χ2v) is 8.82. The van der Waals surface area contributed by atoms with E-state index < -0.39 is 0 Å². The lowest BCUT2D eigenvalue weighted by molar-refractivity contribution is 0.206. The molecule has 1 aliphatic heterocycles. The number of hydrogen-bond donors (Lipinski definition) is 0. The first-order valence-corrected chi connectivity index (χ1v) is 10.4. The van der Waals surface area contributed by atoms with Gasteiger partial charge in [0.05, 0.1) is 0 Å². The Morgan fingerprint density at radius 3 is 2.30 bits per heavy atom. The van der Waals surface area contributed by atoms with Gasteiger partial charge in [-0.1, -0.05) is 81.4 Å². The topological polar surface area (TPSA) is 28.0 Å². The lowest BCUT2D eigenvalue weighted by atomic mass is 9.74. The highest BCUT2D eigenvalue weighted by Crippen LogP contribution is 2.49. The molecular formula is C24H31N3. The fourth-order valence-corrected chi connectivity index (χ4v) is 4.61. The first-order valence-electron chi connectivity index (χ1n) is 10.4. The van der Waals surface area contributed by atoms with Gasteiger partial charge in [0.25, 0.3) is 0 Å². The fourth-order valence-electron chi connectivity index (χ4n) is 4.61. The Morgan fingerprint density at radius 1 is 0.926 bits per heavy atom. The first-order chi connectivity index (χ1) is 13.1. The molecule has 0 bridgehead atoms. The standard InChI is InChI=1S/C24H31N3/c1-16(2)13-14-27-24-21-12-8-7-11-20(21)22(17(3)4)15-18-9-5-6-10-19(18)23(24)25-26-27/h5-12,16-17,22-24H,13-15H2,1-4H3/t22-,23?,24?/m0/s1. The Balaban J connectivity index is 1.84. The van der Waals surface area contributed by atoms with Gasteiger partial charge in [-0.3, -0.25) is 5.01 Å². The molecule has 2 aliphatic rings. The van der Waals surface area contributed by atoms with Crippen molar-refractivity contribution in [1.29, 1.82) is 0 Å². The highest BCUT2D eigenvalue weighted by atomic mass is 15.6. The van der Waals surface area contributed by atoms with Crippen LogP contribution in [0, 0.1) is 11.8 Å². The van der Waals surface area contributed by atoms with Crippen LogP contribution in [-0.4, -0.2) is 11.6 Å². The van der Waals surface area contributed by atoms with Crippen molar-refractivity contribution in [2.24, 2.45) is 22.2 Å².